The summed E-state index contributed by atoms with van der Waals surface area (Å²) >= 11 is 0. The number of allylic oxidation sites excluding steroid dienone is 1. The molecule has 158 valence electrons. The number of likely N-dealkylation sites (tertiary alicyclic amines) is 1. The lowest BCUT2D eigenvalue weighted by Gasteiger charge is -2.54. The first-order valence-corrected chi connectivity index (χ1v) is 11.6. The predicted molar refractivity (Wildman–Crippen MR) is 114 cm³/mol. The lowest BCUT2D eigenvalue weighted by molar-refractivity contribution is -0.0114. The molecule has 1 aromatic rings. The van der Waals surface area contributed by atoms with E-state index < -0.39 is 5.97 Å². The van der Waals surface area contributed by atoms with E-state index in [1.54, 1.807) is 6.07 Å². The maximum absolute atomic E-state index is 13.1. The summed E-state index contributed by atoms with van der Waals surface area (Å²) < 4.78 is 0. The van der Waals surface area contributed by atoms with Gasteiger partial charge in [0.15, 0.2) is 0 Å². The van der Waals surface area contributed by atoms with Crippen LogP contribution in [0.4, 0.5) is 4.79 Å². The predicted octanol–water partition coefficient (Wildman–Crippen LogP) is 4.28. The van der Waals surface area contributed by atoms with Crippen LogP contribution < -0.4 is 5.32 Å². The average molecular weight is 407 g/mol. The number of carboxylic acids is 1. The maximum atomic E-state index is 13.1. The minimum Gasteiger partial charge on any atom is -0.478 e. The SMILES string of the molecule is O=C(O)c1cccc2c1C=CC21CCN(C(=O)NC2C3CC4CC(C3)CC2C4)CC1. The number of hydrogen-bond acceptors (Lipinski definition) is 2. The largest absolute Gasteiger partial charge is 0.478 e. The van der Waals surface area contributed by atoms with E-state index >= 15 is 0 Å². The Hall–Kier alpha value is -2.30. The number of carbonyl (C=O) groups is 2. The molecule has 5 aliphatic carbocycles. The number of piperidine rings is 1. The van der Waals surface area contributed by atoms with Crippen LogP contribution in [0.15, 0.2) is 24.3 Å². The molecule has 0 aromatic heterocycles. The molecule has 0 radical (unpaired) electrons. The summed E-state index contributed by atoms with van der Waals surface area (Å²) in [6.07, 6.45) is 12.6. The third-order valence-electron chi connectivity index (χ3n) is 8.90. The minimum atomic E-state index is -0.874. The molecule has 6 aliphatic rings. The second-order valence-corrected chi connectivity index (χ2v) is 10.5. The van der Waals surface area contributed by atoms with Crippen LogP contribution in [-0.4, -0.2) is 41.1 Å². The van der Waals surface area contributed by atoms with Crippen LogP contribution in [-0.2, 0) is 5.41 Å². The highest BCUT2D eigenvalue weighted by molar-refractivity contribution is 5.94. The zero-order chi connectivity index (χ0) is 20.5. The number of aromatic carboxylic acids is 1. The van der Waals surface area contributed by atoms with Gasteiger partial charge >= 0.3 is 12.0 Å². The summed E-state index contributed by atoms with van der Waals surface area (Å²) in [6.45, 7) is 1.44. The van der Waals surface area contributed by atoms with Crippen molar-refractivity contribution in [2.24, 2.45) is 23.7 Å². The van der Waals surface area contributed by atoms with Crippen molar-refractivity contribution in [1.29, 1.82) is 0 Å². The van der Waals surface area contributed by atoms with Gasteiger partial charge in [0.25, 0.3) is 0 Å². The van der Waals surface area contributed by atoms with Gasteiger partial charge in [0.2, 0.25) is 0 Å². The Labute approximate surface area is 177 Å². The van der Waals surface area contributed by atoms with Crippen LogP contribution in [0.2, 0.25) is 0 Å². The summed E-state index contributed by atoms with van der Waals surface area (Å²) in [5, 5.41) is 12.9. The summed E-state index contributed by atoms with van der Waals surface area (Å²) in [4.78, 5) is 26.7. The van der Waals surface area contributed by atoms with E-state index in [9.17, 15) is 14.7 Å². The van der Waals surface area contributed by atoms with Crippen LogP contribution in [0.5, 0.6) is 0 Å². The van der Waals surface area contributed by atoms with Crippen molar-refractivity contribution in [3.63, 3.8) is 0 Å². The standard InChI is InChI=1S/C25H30N2O3/c28-23(29)20-2-1-3-21-19(20)4-5-25(21)6-8-27(9-7-25)24(30)26-22-17-11-15-10-16(13-17)14-18(22)12-15/h1-5,15-18,22H,6-14H2,(H,26,30)(H,28,29). The van der Waals surface area contributed by atoms with Gasteiger partial charge in [0, 0.05) is 24.5 Å². The maximum Gasteiger partial charge on any atom is 0.336 e. The lowest BCUT2D eigenvalue weighted by Crippen LogP contribution is -2.59. The highest BCUT2D eigenvalue weighted by atomic mass is 16.4. The molecular formula is C25H30N2O3. The zero-order valence-corrected chi connectivity index (χ0v) is 17.3. The van der Waals surface area contributed by atoms with Gasteiger partial charge in [-0.15, -0.1) is 0 Å². The fourth-order valence-corrected chi connectivity index (χ4v) is 7.64. The van der Waals surface area contributed by atoms with E-state index in [2.05, 4.69) is 17.5 Å². The molecule has 7 rings (SSSR count). The van der Waals surface area contributed by atoms with Crippen molar-refractivity contribution in [3.8, 4) is 0 Å². The summed E-state index contributed by atoms with van der Waals surface area (Å²) in [6, 6.07) is 6.09. The van der Waals surface area contributed by atoms with Gasteiger partial charge in [-0.05, 0) is 85.8 Å². The van der Waals surface area contributed by atoms with E-state index in [1.807, 2.05) is 17.0 Å². The van der Waals surface area contributed by atoms with Crippen molar-refractivity contribution < 1.29 is 14.7 Å². The number of rotatable bonds is 2. The molecule has 30 heavy (non-hydrogen) atoms. The fourth-order valence-electron chi connectivity index (χ4n) is 7.64. The minimum absolute atomic E-state index is 0.115. The smallest absolute Gasteiger partial charge is 0.336 e. The number of fused-ring (bicyclic) bond motifs is 2. The van der Waals surface area contributed by atoms with Gasteiger partial charge in [-0.1, -0.05) is 24.3 Å². The number of nitrogens with one attached hydrogen (secondary N) is 1. The van der Waals surface area contributed by atoms with Gasteiger partial charge in [-0.2, -0.15) is 0 Å². The van der Waals surface area contributed by atoms with Crippen LogP contribution >= 0.6 is 0 Å². The van der Waals surface area contributed by atoms with Gasteiger partial charge in [0.1, 0.15) is 0 Å². The quantitative estimate of drug-likeness (QED) is 0.770. The first-order valence-electron chi connectivity index (χ1n) is 11.6. The second-order valence-electron chi connectivity index (χ2n) is 10.5. The Kier molecular flexibility index (Phi) is 4.06. The van der Waals surface area contributed by atoms with Crippen molar-refractivity contribution in [2.75, 3.05) is 13.1 Å². The Balaban J connectivity index is 1.13. The second kappa shape index (κ2) is 6.60. The topological polar surface area (TPSA) is 69.6 Å². The van der Waals surface area contributed by atoms with Crippen LogP contribution in [0.3, 0.4) is 0 Å². The molecule has 5 heteroatoms. The fraction of sp³-hybridized carbons (Fsp3) is 0.600. The Morgan fingerprint density at radius 1 is 1.00 bits per heavy atom. The van der Waals surface area contributed by atoms with Crippen molar-refractivity contribution in [3.05, 3.63) is 41.0 Å². The average Bonchev–Trinajstić information content (AvgIpc) is 3.09. The van der Waals surface area contributed by atoms with E-state index in [4.69, 9.17) is 0 Å². The number of hydrogen-bond donors (Lipinski definition) is 2. The van der Waals surface area contributed by atoms with Gasteiger partial charge in [-0.3, -0.25) is 0 Å². The molecule has 2 amide bonds. The number of nitrogens with zero attached hydrogens (tertiary/aromatic N) is 1. The number of benzene rings is 1. The third kappa shape index (κ3) is 2.74. The van der Waals surface area contributed by atoms with Crippen molar-refractivity contribution in [2.45, 2.75) is 56.4 Å². The normalized spacial score (nSPS) is 34.9. The summed E-state index contributed by atoms with van der Waals surface area (Å²) in [5.41, 5.74) is 2.21. The van der Waals surface area contributed by atoms with E-state index in [-0.39, 0.29) is 11.4 Å². The van der Waals surface area contributed by atoms with Crippen molar-refractivity contribution >= 4 is 18.1 Å². The van der Waals surface area contributed by atoms with Crippen LogP contribution in [0, 0.1) is 23.7 Å². The van der Waals surface area contributed by atoms with Crippen LogP contribution in [0.1, 0.15) is 66.4 Å². The molecule has 1 aliphatic heterocycles. The highest BCUT2D eigenvalue weighted by Gasteiger charge is 2.49. The van der Waals surface area contributed by atoms with E-state index in [1.165, 1.54) is 32.1 Å². The summed E-state index contributed by atoms with van der Waals surface area (Å²) in [5.74, 6) is 2.35. The van der Waals surface area contributed by atoms with E-state index in [0.717, 1.165) is 48.9 Å². The zero-order valence-electron chi connectivity index (χ0n) is 17.3. The van der Waals surface area contributed by atoms with Crippen molar-refractivity contribution in [1.82, 2.24) is 10.2 Å². The van der Waals surface area contributed by atoms with Crippen LogP contribution in [0.25, 0.3) is 6.08 Å². The lowest BCUT2D eigenvalue weighted by atomic mass is 9.54. The Morgan fingerprint density at radius 3 is 2.30 bits per heavy atom. The molecule has 4 bridgehead atoms. The number of amides is 2. The molecule has 1 spiro atoms. The van der Waals surface area contributed by atoms with Gasteiger partial charge < -0.3 is 15.3 Å². The molecule has 0 unspecified atom stereocenters. The Bertz CT molecular complexity index is 900. The molecule has 0 atom stereocenters. The first-order chi connectivity index (χ1) is 14.5. The van der Waals surface area contributed by atoms with Gasteiger partial charge in [0.05, 0.1) is 5.56 Å². The molecular weight excluding hydrogens is 376 g/mol. The summed E-state index contributed by atoms with van der Waals surface area (Å²) in [7, 11) is 0. The monoisotopic (exact) mass is 406 g/mol. The Morgan fingerprint density at radius 2 is 1.67 bits per heavy atom. The number of urea groups is 1. The molecule has 5 fully saturated rings. The first kappa shape index (κ1) is 18.5. The molecule has 1 saturated heterocycles. The number of carbonyl (C=O) groups excluding carboxylic acids is 1. The number of carboxylic acid groups (broad SMARTS) is 1. The molecule has 5 nitrogen and oxygen atoms in total. The van der Waals surface area contributed by atoms with E-state index in [0.29, 0.717) is 23.4 Å². The highest BCUT2D eigenvalue weighted by Crippen LogP contribution is 2.53. The third-order valence-corrected chi connectivity index (χ3v) is 8.90. The molecule has 4 saturated carbocycles. The molecule has 2 N–H and O–H groups in total. The molecule has 1 heterocycles. The van der Waals surface area contributed by atoms with Gasteiger partial charge in [-0.25, -0.2) is 9.59 Å². The molecule has 1 aromatic carbocycles.